The maximum Gasteiger partial charge on any atom is 0.405 e. The fourth-order valence-electron chi connectivity index (χ4n) is 2.57. The second kappa shape index (κ2) is 7.11. The molecular weight excluding hydrogens is 287 g/mol. The van der Waals surface area contributed by atoms with Crippen LogP contribution in [0.25, 0.3) is 0 Å². The highest BCUT2D eigenvalue weighted by Crippen LogP contribution is 2.34. The van der Waals surface area contributed by atoms with Crippen LogP contribution in [-0.4, -0.2) is 56.1 Å². The highest BCUT2D eigenvalue weighted by Gasteiger charge is 2.40. The summed E-state index contributed by atoms with van der Waals surface area (Å²) in [7, 11) is 1.45. The van der Waals surface area contributed by atoms with Crippen molar-refractivity contribution in [3.63, 3.8) is 0 Å². The molecule has 0 aromatic heterocycles. The van der Waals surface area contributed by atoms with E-state index in [0.29, 0.717) is 19.3 Å². The van der Waals surface area contributed by atoms with E-state index in [1.807, 2.05) is 6.92 Å². The van der Waals surface area contributed by atoms with Crippen molar-refractivity contribution >= 4 is 11.8 Å². The van der Waals surface area contributed by atoms with Gasteiger partial charge in [0.05, 0.1) is 12.0 Å². The standard InChI is InChI=1S/C13H22F3N3O2/c1-3-12(4-6-17-7-5-12)11(21)19(2)8-10(20)18-9-13(14,15)16/h17H,3-9H2,1-2H3,(H,18,20). The molecule has 0 radical (unpaired) electrons. The van der Waals surface area contributed by atoms with Crippen molar-refractivity contribution in [1.29, 1.82) is 0 Å². The van der Waals surface area contributed by atoms with Gasteiger partial charge in [0.15, 0.2) is 0 Å². The Balaban J connectivity index is 2.55. The largest absolute Gasteiger partial charge is 0.405 e. The second-order valence-electron chi connectivity index (χ2n) is 5.44. The first-order valence-corrected chi connectivity index (χ1v) is 7.00. The second-order valence-corrected chi connectivity index (χ2v) is 5.44. The Morgan fingerprint density at radius 3 is 2.33 bits per heavy atom. The fourth-order valence-corrected chi connectivity index (χ4v) is 2.57. The first-order chi connectivity index (χ1) is 9.70. The van der Waals surface area contributed by atoms with Gasteiger partial charge >= 0.3 is 6.18 Å². The Labute approximate surface area is 122 Å². The molecule has 2 amide bonds. The minimum Gasteiger partial charge on any atom is -0.345 e. The lowest BCUT2D eigenvalue weighted by Gasteiger charge is -2.38. The molecular formula is C13H22F3N3O2. The Morgan fingerprint density at radius 2 is 1.86 bits per heavy atom. The fraction of sp³-hybridized carbons (Fsp3) is 0.846. The number of nitrogens with zero attached hydrogens (tertiary/aromatic N) is 1. The van der Waals surface area contributed by atoms with Gasteiger partial charge in [0.1, 0.15) is 6.54 Å². The summed E-state index contributed by atoms with van der Waals surface area (Å²) in [5, 5.41) is 4.94. The van der Waals surface area contributed by atoms with Gasteiger partial charge in [-0.2, -0.15) is 13.2 Å². The zero-order chi connectivity index (χ0) is 16.1. The maximum absolute atomic E-state index is 12.5. The van der Waals surface area contributed by atoms with Crippen LogP contribution >= 0.6 is 0 Å². The third kappa shape index (κ3) is 5.18. The van der Waals surface area contributed by atoms with Gasteiger partial charge in [0.25, 0.3) is 0 Å². The zero-order valence-electron chi connectivity index (χ0n) is 12.3. The molecule has 1 fully saturated rings. The minimum absolute atomic E-state index is 0.173. The highest BCUT2D eigenvalue weighted by atomic mass is 19.4. The van der Waals surface area contributed by atoms with E-state index < -0.39 is 24.0 Å². The van der Waals surface area contributed by atoms with Crippen molar-refractivity contribution in [1.82, 2.24) is 15.5 Å². The first-order valence-electron chi connectivity index (χ1n) is 7.00. The van der Waals surface area contributed by atoms with Crippen LogP contribution < -0.4 is 10.6 Å². The van der Waals surface area contributed by atoms with Gasteiger partial charge in [-0.25, -0.2) is 0 Å². The van der Waals surface area contributed by atoms with E-state index in [2.05, 4.69) is 5.32 Å². The molecule has 8 heteroatoms. The molecule has 0 aromatic rings. The lowest BCUT2D eigenvalue weighted by molar-refractivity contribution is -0.147. The van der Waals surface area contributed by atoms with E-state index >= 15 is 0 Å². The van der Waals surface area contributed by atoms with Gasteiger partial charge in [-0.05, 0) is 32.4 Å². The van der Waals surface area contributed by atoms with Crippen molar-refractivity contribution in [2.24, 2.45) is 5.41 Å². The number of hydrogen-bond acceptors (Lipinski definition) is 3. The lowest BCUT2D eigenvalue weighted by Crippen LogP contribution is -2.50. The van der Waals surface area contributed by atoms with Crippen LogP contribution in [0.1, 0.15) is 26.2 Å². The predicted octanol–water partition coefficient (Wildman–Crippen LogP) is 0.903. The smallest absolute Gasteiger partial charge is 0.345 e. The normalized spacial score (nSPS) is 18.1. The molecule has 122 valence electrons. The molecule has 1 saturated heterocycles. The number of halogens is 3. The summed E-state index contributed by atoms with van der Waals surface area (Å²) in [5.41, 5.74) is -0.510. The number of amides is 2. The van der Waals surface area contributed by atoms with Crippen LogP contribution in [-0.2, 0) is 9.59 Å². The van der Waals surface area contributed by atoms with Crippen LogP contribution in [0.15, 0.2) is 0 Å². The molecule has 0 saturated carbocycles. The third-order valence-electron chi connectivity index (χ3n) is 3.90. The molecule has 0 spiro atoms. The summed E-state index contributed by atoms with van der Waals surface area (Å²) in [4.78, 5) is 25.2. The molecule has 1 rings (SSSR count). The van der Waals surface area contributed by atoms with Gasteiger partial charge < -0.3 is 15.5 Å². The lowest BCUT2D eigenvalue weighted by atomic mass is 9.75. The van der Waals surface area contributed by atoms with Crippen LogP contribution in [0.2, 0.25) is 0 Å². The van der Waals surface area contributed by atoms with E-state index in [9.17, 15) is 22.8 Å². The summed E-state index contributed by atoms with van der Waals surface area (Å²) >= 11 is 0. The number of hydrogen-bond donors (Lipinski definition) is 2. The third-order valence-corrected chi connectivity index (χ3v) is 3.90. The van der Waals surface area contributed by atoms with Crippen molar-refractivity contribution < 1.29 is 22.8 Å². The van der Waals surface area contributed by atoms with Gasteiger partial charge in [0, 0.05) is 7.05 Å². The Kier molecular flexibility index (Phi) is 6.00. The quantitative estimate of drug-likeness (QED) is 0.793. The van der Waals surface area contributed by atoms with Crippen molar-refractivity contribution in [3.8, 4) is 0 Å². The average molecular weight is 309 g/mol. The molecule has 1 heterocycles. The van der Waals surface area contributed by atoms with E-state index in [-0.39, 0.29) is 12.5 Å². The number of carbonyl (C=O) groups is 2. The molecule has 1 aliphatic rings. The topological polar surface area (TPSA) is 61.4 Å². The molecule has 21 heavy (non-hydrogen) atoms. The average Bonchev–Trinajstić information content (AvgIpc) is 2.44. The Hall–Kier alpha value is -1.31. The summed E-state index contributed by atoms with van der Waals surface area (Å²) in [5.74, 6) is -0.975. The van der Waals surface area contributed by atoms with Gasteiger partial charge in [-0.3, -0.25) is 9.59 Å². The number of rotatable bonds is 5. The Bertz CT molecular complexity index is 379. The highest BCUT2D eigenvalue weighted by molar-refractivity contribution is 5.87. The van der Waals surface area contributed by atoms with Crippen LogP contribution in [0.3, 0.4) is 0 Å². The van der Waals surface area contributed by atoms with Crippen LogP contribution in [0.4, 0.5) is 13.2 Å². The van der Waals surface area contributed by atoms with Gasteiger partial charge in [-0.15, -0.1) is 0 Å². The van der Waals surface area contributed by atoms with Crippen LogP contribution in [0.5, 0.6) is 0 Å². The summed E-state index contributed by atoms with van der Waals surface area (Å²) in [6.45, 7) is 1.64. The zero-order valence-corrected chi connectivity index (χ0v) is 12.3. The summed E-state index contributed by atoms with van der Waals surface area (Å²) < 4.78 is 36.0. The van der Waals surface area contributed by atoms with Crippen LogP contribution in [0, 0.1) is 5.41 Å². The van der Waals surface area contributed by atoms with Crippen molar-refractivity contribution in [2.75, 3.05) is 33.2 Å². The predicted molar refractivity (Wildman–Crippen MR) is 71.5 cm³/mol. The molecule has 5 nitrogen and oxygen atoms in total. The van der Waals surface area contributed by atoms with Gasteiger partial charge in [-0.1, -0.05) is 6.92 Å². The van der Waals surface area contributed by atoms with E-state index in [4.69, 9.17) is 0 Å². The van der Waals surface area contributed by atoms with E-state index in [1.165, 1.54) is 11.9 Å². The molecule has 0 aliphatic carbocycles. The van der Waals surface area contributed by atoms with Gasteiger partial charge in [0.2, 0.25) is 11.8 Å². The van der Waals surface area contributed by atoms with E-state index in [0.717, 1.165) is 13.1 Å². The first kappa shape index (κ1) is 17.7. The molecule has 0 unspecified atom stereocenters. The number of alkyl halides is 3. The minimum atomic E-state index is -4.45. The van der Waals surface area contributed by atoms with Crippen molar-refractivity contribution in [3.05, 3.63) is 0 Å². The maximum atomic E-state index is 12.5. The number of nitrogens with one attached hydrogen (secondary N) is 2. The molecule has 0 bridgehead atoms. The van der Waals surface area contributed by atoms with E-state index in [1.54, 1.807) is 5.32 Å². The molecule has 0 aromatic carbocycles. The number of carbonyl (C=O) groups excluding carboxylic acids is 2. The number of likely N-dealkylation sites (N-methyl/N-ethyl adjacent to an activating group) is 1. The summed E-state index contributed by atoms with van der Waals surface area (Å²) in [6.07, 6.45) is -2.44. The monoisotopic (exact) mass is 309 g/mol. The molecule has 2 N–H and O–H groups in total. The molecule has 0 atom stereocenters. The summed E-state index contributed by atoms with van der Waals surface area (Å²) in [6, 6.07) is 0. The molecule has 1 aliphatic heterocycles. The van der Waals surface area contributed by atoms with Crippen molar-refractivity contribution in [2.45, 2.75) is 32.4 Å². The SMILES string of the molecule is CCC1(C(=O)N(C)CC(=O)NCC(F)(F)F)CCNCC1. The Morgan fingerprint density at radius 1 is 1.29 bits per heavy atom. The number of piperidine rings is 1.